The first kappa shape index (κ1) is 18.6. The molecule has 10 heteroatoms. The minimum Gasteiger partial charge on any atom is -0.486 e. The van der Waals surface area contributed by atoms with Gasteiger partial charge in [-0.15, -0.1) is 5.10 Å². The predicted octanol–water partition coefficient (Wildman–Crippen LogP) is 3.21. The average molecular weight is 418 g/mol. The van der Waals surface area contributed by atoms with Crippen LogP contribution in [0.3, 0.4) is 0 Å². The van der Waals surface area contributed by atoms with Gasteiger partial charge in [-0.05, 0) is 53.7 Å². The van der Waals surface area contributed by atoms with Crippen molar-refractivity contribution in [2.75, 3.05) is 18.5 Å². The number of rotatable bonds is 5. The van der Waals surface area contributed by atoms with Crippen molar-refractivity contribution in [1.29, 1.82) is 0 Å². The highest BCUT2D eigenvalue weighted by Gasteiger charge is 2.20. The Morgan fingerprint density at radius 1 is 1.18 bits per heavy atom. The molecule has 0 radical (unpaired) electrons. The highest BCUT2D eigenvalue weighted by Crippen LogP contribution is 2.33. The second-order valence-corrected chi connectivity index (χ2v) is 7.70. The molecule has 1 N–H and O–H groups in total. The molecule has 144 valence electrons. The number of hydrogen-bond donors (Lipinski definition) is 1. The molecular weight excluding hydrogens is 402 g/mol. The van der Waals surface area contributed by atoms with Gasteiger partial charge in [-0.25, -0.2) is 0 Å². The summed E-state index contributed by atoms with van der Waals surface area (Å²) in [5.74, 6) is 1.12. The zero-order valence-electron chi connectivity index (χ0n) is 14.8. The van der Waals surface area contributed by atoms with Gasteiger partial charge in [0.05, 0.1) is 10.9 Å². The second kappa shape index (κ2) is 8.07. The number of benzene rings is 2. The summed E-state index contributed by atoms with van der Waals surface area (Å²) in [5.41, 5.74) is 1.40. The number of nitrogens with zero attached hydrogens (tertiary/aromatic N) is 4. The molecule has 0 spiro atoms. The SMILES string of the molecule is C[C@H](Sc1nnnn1-c1ccc(Cl)cc1)C(=O)Nc1ccc2c(c1)OCCO2. The molecule has 0 fully saturated rings. The monoisotopic (exact) mass is 417 g/mol. The number of anilines is 1. The van der Waals surface area contributed by atoms with Crippen LogP contribution in [0.25, 0.3) is 5.69 Å². The van der Waals surface area contributed by atoms with Crippen LogP contribution >= 0.6 is 23.4 Å². The first-order valence-corrected chi connectivity index (χ1v) is 9.77. The van der Waals surface area contributed by atoms with E-state index >= 15 is 0 Å². The van der Waals surface area contributed by atoms with E-state index in [-0.39, 0.29) is 5.91 Å². The van der Waals surface area contributed by atoms with Crippen LogP contribution in [0.15, 0.2) is 47.6 Å². The van der Waals surface area contributed by atoms with Crippen molar-refractivity contribution in [2.45, 2.75) is 17.3 Å². The number of ether oxygens (including phenoxy) is 2. The van der Waals surface area contributed by atoms with Crippen molar-refractivity contribution in [1.82, 2.24) is 20.2 Å². The van der Waals surface area contributed by atoms with Crippen molar-refractivity contribution >= 4 is 35.0 Å². The summed E-state index contributed by atoms with van der Waals surface area (Å²) in [6, 6.07) is 12.4. The fraction of sp³-hybridized carbons (Fsp3) is 0.222. The molecule has 0 bridgehead atoms. The summed E-state index contributed by atoms with van der Waals surface area (Å²) >= 11 is 7.18. The number of thioether (sulfide) groups is 1. The largest absolute Gasteiger partial charge is 0.486 e. The Labute approximate surface area is 170 Å². The Morgan fingerprint density at radius 3 is 2.71 bits per heavy atom. The van der Waals surface area contributed by atoms with E-state index < -0.39 is 5.25 Å². The van der Waals surface area contributed by atoms with Crippen molar-refractivity contribution < 1.29 is 14.3 Å². The normalized spacial score (nSPS) is 13.8. The lowest BCUT2D eigenvalue weighted by Gasteiger charge is -2.19. The van der Waals surface area contributed by atoms with Crippen molar-refractivity contribution in [2.24, 2.45) is 0 Å². The summed E-state index contributed by atoms with van der Waals surface area (Å²) < 4.78 is 12.6. The maximum absolute atomic E-state index is 12.6. The molecule has 1 atom stereocenters. The Balaban J connectivity index is 1.44. The van der Waals surface area contributed by atoms with Gasteiger partial charge in [0.2, 0.25) is 11.1 Å². The molecule has 0 unspecified atom stereocenters. The van der Waals surface area contributed by atoms with Gasteiger partial charge in [-0.2, -0.15) is 4.68 Å². The maximum atomic E-state index is 12.6. The molecule has 0 aliphatic carbocycles. The van der Waals surface area contributed by atoms with Crippen LogP contribution in [0, 0.1) is 0 Å². The lowest BCUT2D eigenvalue weighted by Crippen LogP contribution is -2.23. The second-order valence-electron chi connectivity index (χ2n) is 5.96. The van der Waals surface area contributed by atoms with E-state index in [1.165, 1.54) is 11.8 Å². The number of halogens is 1. The maximum Gasteiger partial charge on any atom is 0.237 e. The standard InChI is InChI=1S/C18H16ClN5O3S/c1-11(17(25)20-13-4-7-15-16(10-13)27-9-8-26-15)28-18-21-22-23-24(18)14-5-2-12(19)3-6-14/h2-7,10-11H,8-9H2,1H3,(H,20,25)/t11-/m0/s1. The third-order valence-electron chi connectivity index (χ3n) is 3.97. The van der Waals surface area contributed by atoms with E-state index in [0.29, 0.717) is 40.6 Å². The summed E-state index contributed by atoms with van der Waals surface area (Å²) in [4.78, 5) is 12.6. The first-order valence-electron chi connectivity index (χ1n) is 8.51. The molecule has 28 heavy (non-hydrogen) atoms. The fourth-order valence-corrected chi connectivity index (χ4v) is 3.51. The van der Waals surface area contributed by atoms with E-state index in [0.717, 1.165) is 5.69 Å². The molecule has 1 amide bonds. The van der Waals surface area contributed by atoms with Gasteiger partial charge in [-0.3, -0.25) is 4.79 Å². The Morgan fingerprint density at radius 2 is 1.93 bits per heavy atom. The van der Waals surface area contributed by atoms with Crippen molar-refractivity contribution in [3.8, 4) is 17.2 Å². The molecule has 4 rings (SSSR count). The Hall–Kier alpha value is -2.78. The molecule has 0 saturated carbocycles. The van der Waals surface area contributed by atoms with Gasteiger partial charge < -0.3 is 14.8 Å². The topological polar surface area (TPSA) is 91.2 Å². The lowest BCUT2D eigenvalue weighted by atomic mass is 10.2. The third kappa shape index (κ3) is 4.05. The molecule has 1 aliphatic rings. The van der Waals surface area contributed by atoms with E-state index in [4.69, 9.17) is 21.1 Å². The number of carbonyl (C=O) groups excluding carboxylic acids is 1. The van der Waals surface area contributed by atoms with E-state index in [1.807, 2.05) is 12.1 Å². The minimum atomic E-state index is -0.426. The molecule has 0 saturated heterocycles. The third-order valence-corrected chi connectivity index (χ3v) is 5.26. The van der Waals surface area contributed by atoms with Gasteiger partial charge >= 0.3 is 0 Å². The smallest absolute Gasteiger partial charge is 0.237 e. The van der Waals surface area contributed by atoms with Crippen LogP contribution in [0.2, 0.25) is 5.02 Å². The fourth-order valence-electron chi connectivity index (χ4n) is 2.57. The van der Waals surface area contributed by atoms with Gasteiger partial charge in [0, 0.05) is 16.8 Å². The molecule has 3 aromatic rings. The van der Waals surface area contributed by atoms with Crippen LogP contribution in [-0.2, 0) is 4.79 Å². The van der Waals surface area contributed by atoms with Crippen LogP contribution < -0.4 is 14.8 Å². The molecule has 1 aliphatic heterocycles. The highest BCUT2D eigenvalue weighted by atomic mass is 35.5. The zero-order chi connectivity index (χ0) is 19.5. The van der Waals surface area contributed by atoms with Crippen LogP contribution in [0.1, 0.15) is 6.92 Å². The summed E-state index contributed by atoms with van der Waals surface area (Å²) in [6.45, 7) is 2.80. The number of hydrogen-bond acceptors (Lipinski definition) is 7. The van der Waals surface area contributed by atoms with Crippen LogP contribution in [0.5, 0.6) is 11.5 Å². The van der Waals surface area contributed by atoms with Gasteiger partial charge in [0.15, 0.2) is 11.5 Å². The summed E-state index contributed by atoms with van der Waals surface area (Å²) in [7, 11) is 0. The number of fused-ring (bicyclic) bond motifs is 1. The summed E-state index contributed by atoms with van der Waals surface area (Å²) in [6.07, 6.45) is 0. The lowest BCUT2D eigenvalue weighted by molar-refractivity contribution is -0.115. The first-order chi connectivity index (χ1) is 13.6. The Kier molecular flexibility index (Phi) is 5.36. The predicted molar refractivity (Wildman–Crippen MR) is 106 cm³/mol. The number of aromatic nitrogens is 4. The quantitative estimate of drug-likeness (QED) is 0.637. The zero-order valence-corrected chi connectivity index (χ0v) is 16.4. The number of tetrazole rings is 1. The van der Waals surface area contributed by atoms with Crippen molar-refractivity contribution in [3.05, 3.63) is 47.5 Å². The average Bonchev–Trinajstić information content (AvgIpc) is 3.16. The van der Waals surface area contributed by atoms with Gasteiger partial charge in [0.1, 0.15) is 13.2 Å². The van der Waals surface area contributed by atoms with E-state index in [2.05, 4.69) is 20.8 Å². The summed E-state index contributed by atoms with van der Waals surface area (Å²) in [5, 5.41) is 15.3. The molecule has 2 heterocycles. The van der Waals surface area contributed by atoms with E-state index in [9.17, 15) is 4.79 Å². The van der Waals surface area contributed by atoms with Crippen LogP contribution in [-0.4, -0.2) is 44.6 Å². The number of nitrogens with one attached hydrogen (secondary N) is 1. The minimum absolute atomic E-state index is 0.174. The van der Waals surface area contributed by atoms with E-state index in [1.54, 1.807) is 41.9 Å². The Bertz CT molecular complexity index is 995. The molecule has 2 aromatic carbocycles. The van der Waals surface area contributed by atoms with Crippen LogP contribution in [0.4, 0.5) is 5.69 Å². The molecule has 1 aromatic heterocycles. The number of amides is 1. The van der Waals surface area contributed by atoms with Gasteiger partial charge in [0.25, 0.3) is 0 Å². The van der Waals surface area contributed by atoms with Crippen molar-refractivity contribution in [3.63, 3.8) is 0 Å². The molecular formula is C18H16ClN5O3S. The number of carbonyl (C=O) groups is 1. The highest BCUT2D eigenvalue weighted by molar-refractivity contribution is 8.00. The molecule has 8 nitrogen and oxygen atoms in total. The van der Waals surface area contributed by atoms with Gasteiger partial charge in [-0.1, -0.05) is 23.4 Å².